The number of rotatable bonds is 7. The Balaban J connectivity index is 0.00000484. The molecule has 0 fully saturated rings. The largest absolute Gasteiger partial charge is 0.325 e. The summed E-state index contributed by atoms with van der Waals surface area (Å²) in [6.45, 7) is -2.25. The van der Waals surface area contributed by atoms with Crippen molar-refractivity contribution in [3.8, 4) is 0 Å². The van der Waals surface area contributed by atoms with Gasteiger partial charge in [0.05, 0.1) is 13.1 Å². The van der Waals surface area contributed by atoms with E-state index in [4.69, 9.17) is 5.73 Å². The molecule has 0 aliphatic carbocycles. The third-order valence-corrected chi connectivity index (χ3v) is 6.18. The third kappa shape index (κ3) is 5.33. The molecule has 7 nitrogen and oxygen atoms in total. The van der Waals surface area contributed by atoms with Gasteiger partial charge in [0.15, 0.2) is 0 Å². The molecular formula is C11H18ClF2N3O4S2. The molecule has 1 aromatic rings. The maximum atomic E-state index is 13.1. The van der Waals surface area contributed by atoms with E-state index in [1.165, 1.54) is 26.2 Å². The highest BCUT2D eigenvalue weighted by molar-refractivity contribution is 7.92. The summed E-state index contributed by atoms with van der Waals surface area (Å²) in [5.41, 5.74) is 4.83. The van der Waals surface area contributed by atoms with Crippen LogP contribution in [0.1, 0.15) is 0 Å². The second kappa shape index (κ2) is 7.81. The maximum Gasteiger partial charge on any atom is 0.273 e. The van der Waals surface area contributed by atoms with Gasteiger partial charge >= 0.3 is 0 Å². The number of hydrogen-bond acceptors (Lipinski definition) is 5. The number of nitrogens with two attached hydrogens (primary N) is 1. The number of hydrogen-bond donors (Lipinski definition) is 2. The first-order valence-corrected chi connectivity index (χ1v) is 8.95. The normalized spacial score (nSPS) is 13.0. The topological polar surface area (TPSA) is 110 Å². The van der Waals surface area contributed by atoms with Gasteiger partial charge in [0.2, 0.25) is 20.0 Å². The molecule has 0 saturated carbocycles. The lowest BCUT2D eigenvalue weighted by Gasteiger charge is -2.17. The van der Waals surface area contributed by atoms with Crippen molar-refractivity contribution in [2.24, 2.45) is 5.73 Å². The van der Waals surface area contributed by atoms with Crippen LogP contribution in [-0.2, 0) is 20.0 Å². The standard InChI is InChI=1S/C11H17F2N3O4S2.ClH/c1-16(2)22(19,20)10-6-4-3-5-9(10)21(17,18)15-8-11(12,13)7-14;/h3-6,15H,7-8,14H2,1-2H3;1H. The molecule has 1 rings (SSSR count). The molecule has 12 heteroatoms. The molecule has 0 saturated heterocycles. The third-order valence-electron chi connectivity index (χ3n) is 2.72. The minimum atomic E-state index is -4.44. The fourth-order valence-corrected chi connectivity index (χ4v) is 4.19. The fourth-order valence-electron chi connectivity index (χ4n) is 1.43. The summed E-state index contributed by atoms with van der Waals surface area (Å²) in [5.74, 6) is -3.43. The molecule has 0 radical (unpaired) electrons. The van der Waals surface area contributed by atoms with Gasteiger partial charge in [-0.2, -0.15) is 0 Å². The first-order chi connectivity index (χ1) is 9.94. The molecule has 3 N–H and O–H groups in total. The number of alkyl halides is 2. The molecule has 0 spiro atoms. The predicted molar refractivity (Wildman–Crippen MR) is 83.8 cm³/mol. The van der Waals surface area contributed by atoms with Crippen molar-refractivity contribution in [3.63, 3.8) is 0 Å². The van der Waals surface area contributed by atoms with E-state index in [9.17, 15) is 25.6 Å². The van der Waals surface area contributed by atoms with Gasteiger partial charge < -0.3 is 5.73 Å². The van der Waals surface area contributed by atoms with Crippen LogP contribution in [-0.4, -0.2) is 54.2 Å². The summed E-state index contributed by atoms with van der Waals surface area (Å²) in [5, 5.41) is 0. The highest BCUT2D eigenvalue weighted by Gasteiger charge is 2.32. The fraction of sp³-hybridized carbons (Fsp3) is 0.455. The lowest BCUT2D eigenvalue weighted by molar-refractivity contribution is 0.0170. The molecule has 0 amide bonds. The van der Waals surface area contributed by atoms with Crippen LogP contribution in [0.2, 0.25) is 0 Å². The zero-order chi connectivity index (χ0) is 17.2. The maximum absolute atomic E-state index is 13.1. The van der Waals surface area contributed by atoms with E-state index >= 15 is 0 Å². The highest BCUT2D eigenvalue weighted by Crippen LogP contribution is 2.23. The lowest BCUT2D eigenvalue weighted by atomic mass is 10.3. The van der Waals surface area contributed by atoms with Gasteiger partial charge in [-0.3, -0.25) is 0 Å². The molecule has 0 aromatic heterocycles. The van der Waals surface area contributed by atoms with Crippen LogP contribution < -0.4 is 10.5 Å². The number of nitrogens with zero attached hydrogens (tertiary/aromatic N) is 1. The molecule has 134 valence electrons. The number of sulfonamides is 2. The summed E-state index contributed by atoms with van der Waals surface area (Å²) in [6.07, 6.45) is 0. The Kier molecular flexibility index (Phi) is 7.53. The van der Waals surface area contributed by atoms with E-state index in [1.54, 1.807) is 4.72 Å². The Morgan fingerprint density at radius 3 is 2.04 bits per heavy atom. The SMILES string of the molecule is CN(C)S(=O)(=O)c1ccccc1S(=O)(=O)NCC(F)(F)CN.Cl. The lowest BCUT2D eigenvalue weighted by Crippen LogP contribution is -2.41. The first kappa shape index (κ1) is 22.1. The molecule has 23 heavy (non-hydrogen) atoms. The van der Waals surface area contributed by atoms with Crippen molar-refractivity contribution in [1.82, 2.24) is 9.03 Å². The van der Waals surface area contributed by atoms with E-state index in [2.05, 4.69) is 0 Å². The number of halogens is 3. The second-order valence-corrected chi connectivity index (χ2v) is 8.47. The van der Waals surface area contributed by atoms with Crippen LogP contribution in [0.25, 0.3) is 0 Å². The van der Waals surface area contributed by atoms with Gasteiger partial charge in [0.1, 0.15) is 9.79 Å². The minimum Gasteiger partial charge on any atom is -0.325 e. The van der Waals surface area contributed by atoms with Gasteiger partial charge in [-0.1, -0.05) is 12.1 Å². The van der Waals surface area contributed by atoms with Crippen LogP contribution in [0.15, 0.2) is 34.1 Å². The summed E-state index contributed by atoms with van der Waals surface area (Å²) in [6, 6.07) is 4.75. The monoisotopic (exact) mass is 393 g/mol. The van der Waals surface area contributed by atoms with Crippen molar-refractivity contribution >= 4 is 32.5 Å². The second-order valence-electron chi connectivity index (χ2n) is 4.62. The van der Waals surface area contributed by atoms with E-state index in [1.807, 2.05) is 0 Å². The van der Waals surface area contributed by atoms with Crippen LogP contribution in [0, 0.1) is 0 Å². The van der Waals surface area contributed by atoms with Crippen molar-refractivity contribution < 1.29 is 25.6 Å². The van der Waals surface area contributed by atoms with Crippen LogP contribution in [0.5, 0.6) is 0 Å². The summed E-state index contributed by atoms with van der Waals surface area (Å²) < 4.78 is 77.2. The van der Waals surface area contributed by atoms with Gasteiger partial charge in [0.25, 0.3) is 5.92 Å². The zero-order valence-electron chi connectivity index (χ0n) is 12.4. The van der Waals surface area contributed by atoms with E-state index in [0.29, 0.717) is 0 Å². The number of nitrogens with one attached hydrogen (secondary N) is 1. The molecule has 1 aromatic carbocycles. The molecule has 0 aliphatic heterocycles. The Hall–Kier alpha value is -0.850. The van der Waals surface area contributed by atoms with Crippen molar-refractivity contribution in [2.45, 2.75) is 15.7 Å². The Labute approximate surface area is 140 Å². The van der Waals surface area contributed by atoms with E-state index in [0.717, 1.165) is 16.4 Å². The summed E-state index contributed by atoms with van der Waals surface area (Å²) >= 11 is 0. The molecule has 0 unspecified atom stereocenters. The van der Waals surface area contributed by atoms with Crippen molar-refractivity contribution in [1.29, 1.82) is 0 Å². The van der Waals surface area contributed by atoms with E-state index in [-0.39, 0.29) is 12.4 Å². The number of benzene rings is 1. The van der Waals surface area contributed by atoms with Crippen LogP contribution in [0.4, 0.5) is 8.78 Å². The predicted octanol–water partition coefficient (Wildman–Crippen LogP) is 0.231. The van der Waals surface area contributed by atoms with Gasteiger partial charge in [-0.15, -0.1) is 12.4 Å². The van der Waals surface area contributed by atoms with Gasteiger partial charge in [0, 0.05) is 14.1 Å². The van der Waals surface area contributed by atoms with Crippen LogP contribution in [0.3, 0.4) is 0 Å². The highest BCUT2D eigenvalue weighted by atomic mass is 35.5. The van der Waals surface area contributed by atoms with Gasteiger partial charge in [-0.05, 0) is 12.1 Å². The van der Waals surface area contributed by atoms with Crippen LogP contribution >= 0.6 is 12.4 Å². The smallest absolute Gasteiger partial charge is 0.273 e. The average molecular weight is 394 g/mol. The van der Waals surface area contributed by atoms with Crippen molar-refractivity contribution in [3.05, 3.63) is 24.3 Å². The molecule has 0 atom stereocenters. The zero-order valence-corrected chi connectivity index (χ0v) is 14.8. The van der Waals surface area contributed by atoms with Gasteiger partial charge in [-0.25, -0.2) is 34.6 Å². The molecule has 0 aliphatic rings. The van der Waals surface area contributed by atoms with E-state index < -0.39 is 48.8 Å². The Morgan fingerprint density at radius 2 is 1.61 bits per heavy atom. The molecular weight excluding hydrogens is 376 g/mol. The minimum absolute atomic E-state index is 0. The molecule has 0 bridgehead atoms. The molecule has 0 heterocycles. The van der Waals surface area contributed by atoms with Crippen molar-refractivity contribution in [2.75, 3.05) is 27.2 Å². The quantitative estimate of drug-likeness (QED) is 0.689. The first-order valence-electron chi connectivity index (χ1n) is 6.03. The Morgan fingerprint density at radius 1 is 1.13 bits per heavy atom. The Bertz CT molecular complexity index is 739. The average Bonchev–Trinajstić information content (AvgIpc) is 2.45. The summed E-state index contributed by atoms with van der Waals surface area (Å²) in [7, 11) is -6.03. The summed E-state index contributed by atoms with van der Waals surface area (Å²) in [4.78, 5) is -1.10.